The van der Waals surface area contributed by atoms with E-state index in [1.165, 1.54) is 11.3 Å². The summed E-state index contributed by atoms with van der Waals surface area (Å²) in [5, 5.41) is 9.44. The third-order valence-electron chi connectivity index (χ3n) is 6.23. The number of thioether (sulfide) groups is 1. The Bertz CT molecular complexity index is 1820. The first-order chi connectivity index (χ1) is 18.8. The molecule has 39 heavy (non-hydrogen) atoms. The number of nitriles is 1. The molecule has 2 aromatic heterocycles. The van der Waals surface area contributed by atoms with Crippen LogP contribution in [0.3, 0.4) is 0 Å². The Morgan fingerprint density at radius 2 is 1.92 bits per heavy atom. The lowest BCUT2D eigenvalue weighted by Crippen LogP contribution is -2.40. The van der Waals surface area contributed by atoms with Gasteiger partial charge in [-0.05, 0) is 69.0 Å². The molecule has 0 amide bonds. The number of thiazole rings is 1. The van der Waals surface area contributed by atoms with E-state index in [1.807, 2.05) is 42.7 Å². The van der Waals surface area contributed by atoms with Gasteiger partial charge in [0.2, 0.25) is 0 Å². The fraction of sp³-hybridized carbons (Fsp3) is 0.200. The molecule has 1 aliphatic rings. The minimum absolute atomic E-state index is 0.282. The van der Waals surface area contributed by atoms with Crippen LogP contribution in [0.5, 0.6) is 0 Å². The molecule has 1 aliphatic heterocycles. The predicted octanol–water partition coefficient (Wildman–Crippen LogP) is 5.04. The maximum Gasteiger partial charge on any atom is 0.338 e. The van der Waals surface area contributed by atoms with Crippen molar-refractivity contribution in [1.29, 1.82) is 5.26 Å². The minimum Gasteiger partial charge on any atom is -0.459 e. The largest absolute Gasteiger partial charge is 0.459 e. The number of furan rings is 1. The van der Waals surface area contributed by atoms with Gasteiger partial charge in [-0.25, -0.2) is 9.79 Å². The maximum absolute atomic E-state index is 13.8. The van der Waals surface area contributed by atoms with Crippen LogP contribution in [0.25, 0.3) is 17.4 Å². The van der Waals surface area contributed by atoms with Crippen LogP contribution < -0.4 is 14.9 Å². The standard InChI is InChI=1S/C30H25N3O4S2/c1-17(2)36-29(35)26-18(3)32-30-33(27(26)19-9-12-22(38-4)13-10-19)28(34)25(39-30)15-21-11-14-24(37-21)23-8-6-5-7-20(23)16-31/h5-15,17,27H,1-4H3/b25-15+/t27-/m1/s1. The van der Waals surface area contributed by atoms with Crippen molar-refractivity contribution >= 4 is 35.1 Å². The number of hydrogen-bond acceptors (Lipinski definition) is 8. The summed E-state index contributed by atoms with van der Waals surface area (Å²) in [5.74, 6) is 0.512. The Labute approximate surface area is 233 Å². The van der Waals surface area contributed by atoms with Gasteiger partial charge in [-0.15, -0.1) is 11.8 Å². The number of allylic oxidation sites excluding steroid dienone is 1. The number of carbonyl (C=O) groups excluding carboxylic acids is 1. The van der Waals surface area contributed by atoms with Crippen LogP contribution in [-0.2, 0) is 9.53 Å². The molecule has 0 bridgehead atoms. The molecule has 0 radical (unpaired) electrons. The van der Waals surface area contributed by atoms with E-state index in [2.05, 4.69) is 11.1 Å². The van der Waals surface area contributed by atoms with Crippen LogP contribution >= 0.6 is 23.1 Å². The van der Waals surface area contributed by atoms with Gasteiger partial charge in [0, 0.05) is 16.5 Å². The van der Waals surface area contributed by atoms with E-state index < -0.39 is 12.0 Å². The van der Waals surface area contributed by atoms with Gasteiger partial charge in [-0.2, -0.15) is 5.26 Å². The number of nitrogens with zero attached hydrogens (tertiary/aromatic N) is 3. The summed E-state index contributed by atoms with van der Waals surface area (Å²) in [6.07, 6.45) is 3.34. The number of ether oxygens (including phenoxy) is 1. The van der Waals surface area contributed by atoms with E-state index in [4.69, 9.17) is 9.15 Å². The zero-order valence-electron chi connectivity index (χ0n) is 21.8. The second-order valence-electron chi connectivity index (χ2n) is 9.17. The van der Waals surface area contributed by atoms with Gasteiger partial charge in [0.1, 0.15) is 11.5 Å². The Morgan fingerprint density at radius 1 is 1.18 bits per heavy atom. The Balaban J connectivity index is 1.64. The van der Waals surface area contributed by atoms with E-state index in [0.29, 0.717) is 43.3 Å². The first-order valence-corrected chi connectivity index (χ1v) is 14.3. The van der Waals surface area contributed by atoms with Crippen molar-refractivity contribution in [3.63, 3.8) is 0 Å². The Morgan fingerprint density at radius 3 is 2.62 bits per heavy atom. The van der Waals surface area contributed by atoms with Gasteiger partial charge in [0.25, 0.3) is 5.56 Å². The van der Waals surface area contributed by atoms with Crippen molar-refractivity contribution in [1.82, 2.24) is 4.57 Å². The molecule has 2 aromatic carbocycles. The number of fused-ring (bicyclic) bond motifs is 1. The molecule has 0 N–H and O–H groups in total. The second kappa shape index (κ2) is 10.9. The smallest absolute Gasteiger partial charge is 0.338 e. The lowest BCUT2D eigenvalue weighted by atomic mass is 9.96. The van der Waals surface area contributed by atoms with E-state index in [0.717, 1.165) is 10.5 Å². The summed E-state index contributed by atoms with van der Waals surface area (Å²) in [7, 11) is 0. The highest BCUT2D eigenvalue weighted by atomic mass is 32.2. The van der Waals surface area contributed by atoms with Crippen molar-refractivity contribution in [3.05, 3.63) is 109 Å². The van der Waals surface area contributed by atoms with Crippen molar-refractivity contribution in [2.45, 2.75) is 37.8 Å². The Kier molecular flexibility index (Phi) is 7.42. The van der Waals surface area contributed by atoms with Gasteiger partial charge >= 0.3 is 5.97 Å². The number of aromatic nitrogens is 1. The van der Waals surface area contributed by atoms with Crippen molar-refractivity contribution < 1.29 is 13.9 Å². The van der Waals surface area contributed by atoms with Crippen LogP contribution in [0.15, 0.2) is 91.0 Å². The van der Waals surface area contributed by atoms with Crippen molar-refractivity contribution in [2.24, 2.45) is 4.99 Å². The van der Waals surface area contributed by atoms with E-state index >= 15 is 0 Å². The van der Waals surface area contributed by atoms with Gasteiger partial charge in [0.05, 0.1) is 39.6 Å². The highest BCUT2D eigenvalue weighted by Crippen LogP contribution is 2.32. The zero-order chi connectivity index (χ0) is 27.7. The summed E-state index contributed by atoms with van der Waals surface area (Å²) >= 11 is 2.85. The predicted molar refractivity (Wildman–Crippen MR) is 152 cm³/mol. The average Bonchev–Trinajstić information content (AvgIpc) is 3.51. The SMILES string of the molecule is CSc1ccc([C@@H]2C(C(=O)OC(C)C)=C(C)N=c3s/c(=C/c4ccc(-c5ccccc5C#N)o4)c(=O)n32)cc1. The molecule has 5 rings (SSSR count). The highest BCUT2D eigenvalue weighted by Gasteiger charge is 2.33. The van der Waals surface area contributed by atoms with Gasteiger partial charge in [-0.3, -0.25) is 9.36 Å². The molecule has 0 saturated carbocycles. The molecular formula is C30H25N3O4S2. The lowest BCUT2D eigenvalue weighted by Gasteiger charge is -2.25. The molecule has 0 spiro atoms. The fourth-order valence-corrected chi connectivity index (χ4v) is 5.90. The van der Waals surface area contributed by atoms with Crippen molar-refractivity contribution in [2.75, 3.05) is 6.26 Å². The van der Waals surface area contributed by atoms with Crippen LogP contribution in [0, 0.1) is 11.3 Å². The number of esters is 1. The molecule has 7 nitrogen and oxygen atoms in total. The molecule has 196 valence electrons. The number of carbonyl (C=O) groups is 1. The molecule has 4 aromatic rings. The fourth-order valence-electron chi connectivity index (χ4n) is 4.46. The van der Waals surface area contributed by atoms with Gasteiger partial charge in [-0.1, -0.05) is 35.6 Å². The third kappa shape index (κ3) is 5.13. The molecule has 0 aliphatic carbocycles. The van der Waals surface area contributed by atoms with Gasteiger partial charge in [0.15, 0.2) is 4.80 Å². The summed E-state index contributed by atoms with van der Waals surface area (Å²) in [5.41, 5.74) is 2.54. The zero-order valence-corrected chi connectivity index (χ0v) is 23.4. The summed E-state index contributed by atoms with van der Waals surface area (Å²) in [4.78, 5) is 33.2. The molecule has 3 heterocycles. The van der Waals surface area contributed by atoms with Crippen molar-refractivity contribution in [3.8, 4) is 17.4 Å². The quantitative estimate of drug-likeness (QED) is 0.244. The highest BCUT2D eigenvalue weighted by molar-refractivity contribution is 7.98. The minimum atomic E-state index is -0.680. The van der Waals surface area contributed by atoms with Crippen LogP contribution in [-0.4, -0.2) is 22.9 Å². The van der Waals surface area contributed by atoms with Crippen LogP contribution in [0.4, 0.5) is 0 Å². The topological polar surface area (TPSA) is 97.6 Å². The van der Waals surface area contributed by atoms with Gasteiger partial charge < -0.3 is 9.15 Å². The average molecular weight is 556 g/mol. The number of benzene rings is 2. The molecule has 0 fully saturated rings. The molecule has 1 atom stereocenters. The normalized spacial score (nSPS) is 15.2. The molecular weight excluding hydrogens is 530 g/mol. The third-order valence-corrected chi connectivity index (χ3v) is 7.96. The summed E-state index contributed by atoms with van der Waals surface area (Å²) in [6.45, 7) is 5.35. The van der Waals surface area contributed by atoms with Crippen LogP contribution in [0.2, 0.25) is 0 Å². The molecule has 0 unspecified atom stereocenters. The Hall–Kier alpha value is -4.13. The first-order valence-electron chi connectivity index (χ1n) is 12.3. The molecule has 9 heteroatoms. The maximum atomic E-state index is 13.8. The lowest BCUT2D eigenvalue weighted by molar-refractivity contribution is -0.143. The molecule has 0 saturated heterocycles. The summed E-state index contributed by atoms with van der Waals surface area (Å²) in [6, 6.07) is 20.0. The van der Waals surface area contributed by atoms with E-state index in [-0.39, 0.29) is 11.7 Å². The van der Waals surface area contributed by atoms with Crippen LogP contribution in [0.1, 0.15) is 43.7 Å². The second-order valence-corrected chi connectivity index (χ2v) is 11.1. The van der Waals surface area contributed by atoms with E-state index in [9.17, 15) is 14.9 Å². The first kappa shape index (κ1) is 26.5. The number of hydrogen-bond donors (Lipinski definition) is 0. The monoisotopic (exact) mass is 555 g/mol. The van der Waals surface area contributed by atoms with E-state index in [1.54, 1.807) is 67.4 Å². The summed E-state index contributed by atoms with van der Waals surface area (Å²) < 4.78 is 13.5. The number of rotatable bonds is 6.